The van der Waals surface area contributed by atoms with E-state index in [1.54, 1.807) is 0 Å². The summed E-state index contributed by atoms with van der Waals surface area (Å²) >= 11 is 0. The van der Waals surface area contributed by atoms with Crippen LogP contribution in [0.15, 0.2) is 0 Å². The Morgan fingerprint density at radius 1 is 1.25 bits per heavy atom. The fourth-order valence-electron chi connectivity index (χ4n) is 1.23. The second kappa shape index (κ2) is 4.15. The highest BCUT2D eigenvalue weighted by atomic mass is 16.7. The summed E-state index contributed by atoms with van der Waals surface area (Å²) in [5, 5.41) is 18.7. The van der Waals surface area contributed by atoms with Crippen molar-refractivity contribution < 1.29 is 24.4 Å². The van der Waals surface area contributed by atoms with Crippen molar-refractivity contribution in [1.29, 1.82) is 0 Å². The molecule has 0 aromatic heterocycles. The molecule has 5 heteroatoms. The lowest BCUT2D eigenvalue weighted by Crippen LogP contribution is -2.54. The number of hydrogen-bond acceptors (Lipinski definition) is 5. The van der Waals surface area contributed by atoms with Crippen molar-refractivity contribution in [3.8, 4) is 0 Å². The lowest BCUT2D eigenvalue weighted by molar-refractivity contribution is -0.262. The van der Waals surface area contributed by atoms with E-state index in [2.05, 4.69) is 0 Å². The number of ether oxygens (including phenoxy) is 3. The van der Waals surface area contributed by atoms with E-state index in [9.17, 15) is 10.2 Å². The van der Waals surface area contributed by atoms with Crippen LogP contribution in [0.3, 0.4) is 0 Å². The molecule has 0 unspecified atom stereocenters. The average molecular weight is 178 g/mol. The summed E-state index contributed by atoms with van der Waals surface area (Å²) in [5.74, 6) is 0. The molecule has 0 aromatic carbocycles. The van der Waals surface area contributed by atoms with E-state index in [1.165, 1.54) is 14.2 Å². The Bertz CT molecular complexity index is 140. The van der Waals surface area contributed by atoms with E-state index in [1.807, 2.05) is 0 Å². The SMILES string of the molecule is CO[C@H]1[C@H](O)[C@@H](OC)CO[C@@H]1O. The monoisotopic (exact) mass is 178 g/mol. The molecule has 12 heavy (non-hydrogen) atoms. The van der Waals surface area contributed by atoms with E-state index >= 15 is 0 Å². The Morgan fingerprint density at radius 2 is 1.92 bits per heavy atom. The van der Waals surface area contributed by atoms with Crippen LogP contribution >= 0.6 is 0 Å². The van der Waals surface area contributed by atoms with Crippen LogP contribution in [-0.2, 0) is 14.2 Å². The number of methoxy groups -OCH3 is 2. The molecule has 72 valence electrons. The lowest BCUT2D eigenvalue weighted by Gasteiger charge is -2.36. The van der Waals surface area contributed by atoms with Crippen molar-refractivity contribution >= 4 is 0 Å². The van der Waals surface area contributed by atoms with E-state index in [4.69, 9.17) is 14.2 Å². The average Bonchev–Trinajstić information content (AvgIpc) is 2.06. The van der Waals surface area contributed by atoms with Gasteiger partial charge in [-0.1, -0.05) is 0 Å². The second-order valence-corrected chi connectivity index (χ2v) is 2.69. The van der Waals surface area contributed by atoms with Crippen molar-refractivity contribution in [3.05, 3.63) is 0 Å². The van der Waals surface area contributed by atoms with Crippen LogP contribution in [0.2, 0.25) is 0 Å². The van der Waals surface area contributed by atoms with E-state index < -0.39 is 24.6 Å². The van der Waals surface area contributed by atoms with Gasteiger partial charge in [-0.25, -0.2) is 0 Å². The van der Waals surface area contributed by atoms with Gasteiger partial charge in [-0.2, -0.15) is 0 Å². The highest BCUT2D eigenvalue weighted by molar-refractivity contribution is 4.83. The summed E-state index contributed by atoms with van der Waals surface area (Å²) in [5.41, 5.74) is 0. The summed E-state index contributed by atoms with van der Waals surface area (Å²) < 4.78 is 14.7. The number of aliphatic hydroxyl groups excluding tert-OH is 2. The minimum atomic E-state index is -1.07. The predicted molar refractivity (Wildman–Crippen MR) is 39.6 cm³/mol. The zero-order valence-electron chi connectivity index (χ0n) is 7.14. The lowest BCUT2D eigenvalue weighted by atomic mass is 10.1. The molecular formula is C7H14O5. The van der Waals surface area contributed by atoms with Crippen molar-refractivity contribution in [1.82, 2.24) is 0 Å². The van der Waals surface area contributed by atoms with Crippen LogP contribution in [0.25, 0.3) is 0 Å². The van der Waals surface area contributed by atoms with Gasteiger partial charge < -0.3 is 24.4 Å². The summed E-state index contributed by atoms with van der Waals surface area (Å²) in [4.78, 5) is 0. The normalized spacial score (nSPS) is 43.0. The van der Waals surface area contributed by atoms with Crippen LogP contribution in [0.1, 0.15) is 0 Å². The molecule has 1 saturated heterocycles. The highest BCUT2D eigenvalue weighted by Crippen LogP contribution is 2.17. The van der Waals surface area contributed by atoms with Gasteiger partial charge in [0.15, 0.2) is 6.29 Å². The van der Waals surface area contributed by atoms with Gasteiger partial charge in [-0.3, -0.25) is 0 Å². The first kappa shape index (κ1) is 9.88. The molecule has 2 N–H and O–H groups in total. The van der Waals surface area contributed by atoms with Gasteiger partial charge in [0, 0.05) is 14.2 Å². The Balaban J connectivity index is 2.56. The van der Waals surface area contributed by atoms with Gasteiger partial charge >= 0.3 is 0 Å². The molecule has 0 radical (unpaired) electrons. The van der Waals surface area contributed by atoms with Gasteiger partial charge in [0.2, 0.25) is 0 Å². The van der Waals surface area contributed by atoms with Crippen molar-refractivity contribution in [3.63, 3.8) is 0 Å². The molecule has 0 bridgehead atoms. The number of hydrogen-bond donors (Lipinski definition) is 2. The van der Waals surface area contributed by atoms with Crippen LogP contribution in [0.5, 0.6) is 0 Å². The van der Waals surface area contributed by atoms with Crippen LogP contribution < -0.4 is 0 Å². The van der Waals surface area contributed by atoms with Crippen molar-refractivity contribution in [2.45, 2.75) is 24.6 Å². The molecule has 1 heterocycles. The van der Waals surface area contributed by atoms with Crippen LogP contribution in [0.4, 0.5) is 0 Å². The molecule has 5 nitrogen and oxygen atoms in total. The quantitative estimate of drug-likeness (QED) is 0.551. The first-order chi connectivity index (χ1) is 5.70. The third-order valence-corrected chi connectivity index (χ3v) is 2.00. The highest BCUT2D eigenvalue weighted by Gasteiger charge is 2.38. The summed E-state index contributed by atoms with van der Waals surface area (Å²) in [6.07, 6.45) is -3.08. The largest absolute Gasteiger partial charge is 0.387 e. The Morgan fingerprint density at radius 3 is 2.42 bits per heavy atom. The molecule has 0 spiro atoms. The Kier molecular flexibility index (Phi) is 3.42. The second-order valence-electron chi connectivity index (χ2n) is 2.69. The Labute approximate surface area is 70.9 Å². The molecule has 1 aliphatic rings. The molecular weight excluding hydrogens is 164 g/mol. The maximum absolute atomic E-state index is 9.51. The van der Waals surface area contributed by atoms with Crippen LogP contribution in [0, 0.1) is 0 Å². The zero-order valence-corrected chi connectivity index (χ0v) is 7.14. The van der Waals surface area contributed by atoms with E-state index in [0.717, 1.165) is 0 Å². The third kappa shape index (κ3) is 1.75. The molecule has 0 aliphatic carbocycles. The maximum atomic E-state index is 9.51. The minimum Gasteiger partial charge on any atom is -0.387 e. The number of rotatable bonds is 2. The Hall–Kier alpha value is -0.200. The molecule has 0 amide bonds. The molecule has 0 aromatic rings. The first-order valence-electron chi connectivity index (χ1n) is 3.74. The molecule has 4 atom stereocenters. The van der Waals surface area contributed by atoms with Gasteiger partial charge in [0.1, 0.15) is 18.3 Å². The molecule has 1 fully saturated rings. The molecule has 1 rings (SSSR count). The molecule has 0 saturated carbocycles. The van der Waals surface area contributed by atoms with Gasteiger partial charge in [0.25, 0.3) is 0 Å². The third-order valence-electron chi connectivity index (χ3n) is 2.00. The van der Waals surface area contributed by atoms with E-state index in [-0.39, 0.29) is 6.61 Å². The van der Waals surface area contributed by atoms with Gasteiger partial charge in [-0.05, 0) is 0 Å². The fraction of sp³-hybridized carbons (Fsp3) is 1.00. The predicted octanol–water partition coefficient (Wildman–Crippen LogP) is -1.27. The summed E-state index contributed by atoms with van der Waals surface area (Å²) in [6, 6.07) is 0. The van der Waals surface area contributed by atoms with Crippen LogP contribution in [-0.4, -0.2) is 55.6 Å². The topological polar surface area (TPSA) is 68.2 Å². The maximum Gasteiger partial charge on any atom is 0.183 e. The first-order valence-corrected chi connectivity index (χ1v) is 3.74. The van der Waals surface area contributed by atoms with Gasteiger partial charge in [-0.15, -0.1) is 0 Å². The van der Waals surface area contributed by atoms with Gasteiger partial charge in [0.05, 0.1) is 6.61 Å². The minimum absolute atomic E-state index is 0.179. The summed E-state index contributed by atoms with van der Waals surface area (Å²) in [7, 11) is 2.88. The smallest absolute Gasteiger partial charge is 0.183 e. The molecule has 1 aliphatic heterocycles. The van der Waals surface area contributed by atoms with E-state index in [0.29, 0.717) is 0 Å². The zero-order chi connectivity index (χ0) is 9.14. The van der Waals surface area contributed by atoms with Crippen molar-refractivity contribution in [2.24, 2.45) is 0 Å². The summed E-state index contributed by atoms with van der Waals surface area (Å²) in [6.45, 7) is 0.179. The number of aliphatic hydroxyl groups is 2. The standard InChI is InChI=1S/C7H14O5/c1-10-4-3-12-7(9)6(11-2)5(4)8/h4-9H,3H2,1-2H3/t4-,5+,6-,7-/m0/s1. The fourth-order valence-corrected chi connectivity index (χ4v) is 1.23. The van der Waals surface area contributed by atoms with Crippen molar-refractivity contribution in [2.75, 3.05) is 20.8 Å².